The van der Waals surface area contributed by atoms with Crippen LogP contribution in [0.2, 0.25) is 10.0 Å². The van der Waals surface area contributed by atoms with Crippen molar-refractivity contribution in [2.75, 3.05) is 6.61 Å². The molecule has 0 saturated heterocycles. The highest BCUT2D eigenvalue weighted by Crippen LogP contribution is 2.32. The fourth-order valence-electron chi connectivity index (χ4n) is 2.89. The molecule has 27 heavy (non-hydrogen) atoms. The first-order valence-electron chi connectivity index (χ1n) is 9.75. The van der Waals surface area contributed by atoms with Crippen molar-refractivity contribution in [1.29, 1.82) is 0 Å². The molecule has 4 nitrogen and oxygen atoms in total. The minimum atomic E-state index is -1.32. The number of hydrogen-bond acceptors (Lipinski definition) is 4. The van der Waals surface area contributed by atoms with Gasteiger partial charge in [0.2, 0.25) is 0 Å². The first-order chi connectivity index (χ1) is 12.9. The van der Waals surface area contributed by atoms with Gasteiger partial charge in [-0.3, -0.25) is 9.59 Å². The van der Waals surface area contributed by atoms with E-state index in [1.165, 1.54) is 31.4 Å². The lowest BCUT2D eigenvalue weighted by atomic mass is 9.82. The summed E-state index contributed by atoms with van der Waals surface area (Å²) in [6.07, 6.45) is 7.18. The molecule has 0 radical (unpaired) electrons. The molecule has 0 aliphatic rings. The highest BCUT2D eigenvalue weighted by molar-refractivity contribution is 6.34. The SMILES string of the molecule is CCCCCCCCOC(=O)C(CC)(CC)C(=O)Oc1cc(Cl)cc(Cl)c1. The van der Waals surface area contributed by atoms with Gasteiger partial charge in [0.1, 0.15) is 5.75 Å². The van der Waals surface area contributed by atoms with Gasteiger partial charge in [0.15, 0.2) is 5.41 Å². The van der Waals surface area contributed by atoms with Gasteiger partial charge in [0.05, 0.1) is 6.61 Å². The second-order valence-electron chi connectivity index (χ2n) is 6.69. The lowest BCUT2D eigenvalue weighted by molar-refractivity contribution is -0.168. The van der Waals surface area contributed by atoms with Crippen molar-refractivity contribution < 1.29 is 19.1 Å². The highest BCUT2D eigenvalue weighted by Gasteiger charge is 2.46. The first-order valence-corrected chi connectivity index (χ1v) is 10.5. The Morgan fingerprint density at radius 1 is 0.852 bits per heavy atom. The maximum absolute atomic E-state index is 12.8. The van der Waals surface area contributed by atoms with Crippen LogP contribution in [-0.4, -0.2) is 18.5 Å². The van der Waals surface area contributed by atoms with Gasteiger partial charge in [-0.2, -0.15) is 0 Å². The smallest absolute Gasteiger partial charge is 0.328 e. The second kappa shape index (κ2) is 12.2. The van der Waals surface area contributed by atoms with Gasteiger partial charge in [0, 0.05) is 10.0 Å². The van der Waals surface area contributed by atoms with Gasteiger partial charge < -0.3 is 9.47 Å². The van der Waals surface area contributed by atoms with Crippen LogP contribution in [0, 0.1) is 5.41 Å². The molecule has 0 saturated carbocycles. The summed E-state index contributed by atoms with van der Waals surface area (Å²) in [7, 11) is 0. The van der Waals surface area contributed by atoms with E-state index < -0.39 is 17.4 Å². The minimum Gasteiger partial charge on any atom is -0.465 e. The van der Waals surface area contributed by atoms with Crippen molar-refractivity contribution in [2.45, 2.75) is 72.1 Å². The quantitative estimate of drug-likeness (QED) is 0.166. The number of hydrogen-bond donors (Lipinski definition) is 0. The number of benzene rings is 1. The lowest BCUT2D eigenvalue weighted by Gasteiger charge is -2.26. The Labute approximate surface area is 172 Å². The molecular formula is C21H30Cl2O4. The van der Waals surface area contributed by atoms with Crippen molar-refractivity contribution in [3.63, 3.8) is 0 Å². The van der Waals surface area contributed by atoms with Crippen LogP contribution < -0.4 is 4.74 Å². The normalized spacial score (nSPS) is 11.3. The molecule has 152 valence electrons. The average Bonchev–Trinajstić information content (AvgIpc) is 2.61. The van der Waals surface area contributed by atoms with Crippen LogP contribution in [0.5, 0.6) is 5.75 Å². The van der Waals surface area contributed by atoms with Crippen molar-refractivity contribution in [3.8, 4) is 5.75 Å². The van der Waals surface area contributed by atoms with Crippen LogP contribution in [-0.2, 0) is 14.3 Å². The predicted octanol–water partition coefficient (Wildman–Crippen LogP) is 6.61. The summed E-state index contributed by atoms with van der Waals surface area (Å²) in [6, 6.07) is 4.52. The Hall–Kier alpha value is -1.26. The van der Waals surface area contributed by atoms with E-state index in [-0.39, 0.29) is 5.75 Å². The van der Waals surface area contributed by atoms with Crippen molar-refractivity contribution in [3.05, 3.63) is 28.2 Å². The number of rotatable bonds is 12. The van der Waals surface area contributed by atoms with Gasteiger partial charge in [0.25, 0.3) is 0 Å². The average molecular weight is 417 g/mol. The van der Waals surface area contributed by atoms with Crippen LogP contribution in [0.3, 0.4) is 0 Å². The number of halogens is 2. The molecule has 0 bridgehead atoms. The van der Waals surface area contributed by atoms with E-state index in [9.17, 15) is 9.59 Å². The van der Waals surface area contributed by atoms with Gasteiger partial charge in [-0.05, 0) is 37.5 Å². The van der Waals surface area contributed by atoms with Gasteiger partial charge in [-0.1, -0.05) is 76.1 Å². The van der Waals surface area contributed by atoms with Gasteiger partial charge >= 0.3 is 11.9 Å². The third-order valence-electron chi connectivity index (χ3n) is 4.77. The third-order valence-corrected chi connectivity index (χ3v) is 5.20. The van der Waals surface area contributed by atoms with E-state index in [2.05, 4.69) is 6.92 Å². The van der Waals surface area contributed by atoms with E-state index >= 15 is 0 Å². The summed E-state index contributed by atoms with van der Waals surface area (Å²) in [5, 5.41) is 0.712. The van der Waals surface area contributed by atoms with Crippen LogP contribution in [0.25, 0.3) is 0 Å². The Morgan fingerprint density at radius 3 is 1.96 bits per heavy atom. The van der Waals surface area contributed by atoms with Crippen LogP contribution in [0.4, 0.5) is 0 Å². The molecule has 6 heteroatoms. The summed E-state index contributed by atoms with van der Waals surface area (Å²) in [5.74, 6) is -0.953. The van der Waals surface area contributed by atoms with Crippen molar-refractivity contribution in [2.24, 2.45) is 5.41 Å². The molecule has 1 aromatic rings. The van der Waals surface area contributed by atoms with Crippen LogP contribution in [0.1, 0.15) is 72.1 Å². The Bertz CT molecular complexity index is 592. The maximum atomic E-state index is 12.8. The molecule has 0 atom stereocenters. The monoisotopic (exact) mass is 416 g/mol. The molecule has 1 rings (SSSR count). The van der Waals surface area contributed by atoms with Gasteiger partial charge in [-0.25, -0.2) is 0 Å². The first kappa shape index (κ1) is 23.8. The van der Waals surface area contributed by atoms with Crippen LogP contribution >= 0.6 is 23.2 Å². The zero-order valence-electron chi connectivity index (χ0n) is 16.5. The maximum Gasteiger partial charge on any atom is 0.328 e. The molecule has 0 N–H and O–H groups in total. The predicted molar refractivity (Wildman–Crippen MR) is 109 cm³/mol. The fourth-order valence-corrected chi connectivity index (χ4v) is 3.39. The van der Waals surface area contributed by atoms with E-state index in [1.807, 2.05) is 0 Å². The number of carbonyl (C=O) groups excluding carboxylic acids is 2. The molecule has 0 aliphatic heterocycles. The summed E-state index contributed by atoms with van der Waals surface area (Å²) in [5.41, 5.74) is -1.32. The lowest BCUT2D eigenvalue weighted by Crippen LogP contribution is -2.42. The summed E-state index contributed by atoms with van der Waals surface area (Å²) >= 11 is 11.9. The molecule has 0 fully saturated rings. The van der Waals surface area contributed by atoms with E-state index in [0.717, 1.165) is 19.3 Å². The number of esters is 2. The van der Waals surface area contributed by atoms with E-state index in [4.69, 9.17) is 32.7 Å². The molecular weight excluding hydrogens is 387 g/mol. The molecule has 0 amide bonds. The zero-order valence-corrected chi connectivity index (χ0v) is 18.0. The van der Waals surface area contributed by atoms with E-state index in [1.54, 1.807) is 19.9 Å². The van der Waals surface area contributed by atoms with E-state index in [0.29, 0.717) is 29.5 Å². The minimum absolute atomic E-state index is 0.215. The largest absolute Gasteiger partial charge is 0.465 e. The Morgan fingerprint density at radius 2 is 1.41 bits per heavy atom. The summed E-state index contributed by atoms with van der Waals surface area (Å²) in [4.78, 5) is 25.4. The molecule has 0 spiro atoms. The molecule has 0 unspecified atom stereocenters. The Kier molecular flexibility index (Phi) is 10.8. The van der Waals surface area contributed by atoms with Gasteiger partial charge in [-0.15, -0.1) is 0 Å². The second-order valence-corrected chi connectivity index (χ2v) is 7.56. The molecule has 0 aromatic heterocycles. The van der Waals surface area contributed by atoms with Crippen molar-refractivity contribution >= 4 is 35.1 Å². The number of unbranched alkanes of at least 4 members (excludes halogenated alkanes) is 5. The van der Waals surface area contributed by atoms with Crippen LogP contribution in [0.15, 0.2) is 18.2 Å². The number of ether oxygens (including phenoxy) is 2. The molecule has 0 heterocycles. The standard InChI is InChI=1S/C21H30Cl2O4/c1-4-7-8-9-10-11-12-26-19(24)21(5-2,6-3)20(25)27-18-14-16(22)13-17(23)15-18/h13-15H,4-12H2,1-3H3. The summed E-state index contributed by atoms with van der Waals surface area (Å²) < 4.78 is 10.8. The van der Waals surface area contributed by atoms with Crippen molar-refractivity contribution in [1.82, 2.24) is 0 Å². The zero-order chi connectivity index (χ0) is 20.3. The Balaban J connectivity index is 2.66. The third kappa shape index (κ3) is 7.34. The number of carbonyl (C=O) groups is 2. The topological polar surface area (TPSA) is 52.6 Å². The fraction of sp³-hybridized carbons (Fsp3) is 0.619. The summed E-state index contributed by atoms with van der Waals surface area (Å²) in [6.45, 7) is 6.06. The molecule has 0 aliphatic carbocycles. The molecule has 1 aromatic carbocycles. The highest BCUT2D eigenvalue weighted by atomic mass is 35.5.